The van der Waals surface area contributed by atoms with Gasteiger partial charge in [-0.3, -0.25) is 4.79 Å². The Morgan fingerprint density at radius 3 is 2.23 bits per heavy atom. The van der Waals surface area contributed by atoms with Crippen LogP contribution in [0.2, 0.25) is 0 Å². The van der Waals surface area contributed by atoms with Gasteiger partial charge < -0.3 is 25.7 Å². The minimum Gasteiger partial charge on any atom is -0.481 e. The summed E-state index contributed by atoms with van der Waals surface area (Å²) in [6.45, 7) is -0.468. The molecule has 0 spiro atoms. The van der Waals surface area contributed by atoms with Crippen LogP contribution >= 0.6 is 0 Å². The predicted octanol–water partition coefficient (Wildman–Crippen LogP) is -2.24. The summed E-state index contributed by atoms with van der Waals surface area (Å²) in [5.74, 6) is -1.08. The molecular formula is C7H15NO5. The highest BCUT2D eigenvalue weighted by molar-refractivity contribution is 5.67. The Balaban J connectivity index is 3.55. The third-order valence-corrected chi connectivity index (χ3v) is 1.49. The molecule has 6 heteroatoms. The Bertz CT molecular complexity index is 148. The lowest BCUT2D eigenvalue weighted by Crippen LogP contribution is -2.40. The first-order valence-electron chi connectivity index (χ1n) is 3.95. The Morgan fingerprint density at radius 1 is 1.31 bits per heavy atom. The first kappa shape index (κ1) is 12.3. The number of hydrogen-bond acceptors (Lipinski definition) is 5. The molecule has 78 valence electrons. The van der Waals surface area contributed by atoms with Crippen molar-refractivity contribution >= 4 is 5.97 Å². The fourth-order valence-electron chi connectivity index (χ4n) is 0.763. The highest BCUT2D eigenvalue weighted by atomic mass is 16.4. The van der Waals surface area contributed by atoms with Crippen molar-refractivity contribution in [2.75, 3.05) is 19.8 Å². The second kappa shape index (κ2) is 6.79. The quantitative estimate of drug-likeness (QED) is 0.313. The maximum atomic E-state index is 10.1. The number of carboxylic acid groups (broad SMARTS) is 1. The van der Waals surface area contributed by atoms with Crippen LogP contribution in [-0.2, 0) is 4.79 Å². The summed E-state index contributed by atoms with van der Waals surface area (Å²) in [5, 5.41) is 37.1. The van der Waals surface area contributed by atoms with E-state index in [0.717, 1.165) is 0 Å². The number of hydrogen-bond donors (Lipinski definition) is 5. The number of rotatable bonds is 7. The van der Waals surface area contributed by atoms with E-state index in [1.807, 2.05) is 0 Å². The zero-order valence-corrected chi connectivity index (χ0v) is 7.18. The Labute approximate surface area is 75.8 Å². The predicted molar refractivity (Wildman–Crippen MR) is 44.2 cm³/mol. The molecular weight excluding hydrogens is 178 g/mol. The van der Waals surface area contributed by atoms with Crippen LogP contribution in [0.5, 0.6) is 0 Å². The summed E-state index contributed by atoms with van der Waals surface area (Å²) in [6, 6.07) is -0.511. The molecule has 0 saturated heterocycles. The molecule has 0 aliphatic heterocycles. The highest BCUT2D eigenvalue weighted by Gasteiger charge is 2.11. The van der Waals surface area contributed by atoms with Crippen LogP contribution in [0.1, 0.15) is 6.42 Å². The molecule has 0 fully saturated rings. The van der Waals surface area contributed by atoms with Crippen molar-refractivity contribution in [2.45, 2.75) is 18.6 Å². The SMILES string of the molecule is O=C(O)CC(O)CNC(CO)CO. The first-order valence-corrected chi connectivity index (χ1v) is 3.95. The smallest absolute Gasteiger partial charge is 0.306 e. The van der Waals surface area contributed by atoms with Crippen LogP contribution in [0.25, 0.3) is 0 Å². The van der Waals surface area contributed by atoms with Gasteiger partial charge in [-0.15, -0.1) is 0 Å². The molecule has 5 N–H and O–H groups in total. The Hall–Kier alpha value is -0.690. The summed E-state index contributed by atoms with van der Waals surface area (Å²) < 4.78 is 0. The molecule has 13 heavy (non-hydrogen) atoms. The van der Waals surface area contributed by atoms with E-state index in [1.54, 1.807) is 0 Å². The van der Waals surface area contributed by atoms with Crippen LogP contribution in [0.3, 0.4) is 0 Å². The van der Waals surface area contributed by atoms with E-state index in [1.165, 1.54) is 0 Å². The maximum absolute atomic E-state index is 10.1. The van der Waals surface area contributed by atoms with Crippen LogP contribution in [-0.4, -0.2) is 58.3 Å². The van der Waals surface area contributed by atoms with Gasteiger partial charge in [0, 0.05) is 6.54 Å². The van der Waals surface area contributed by atoms with Crippen LogP contribution in [0, 0.1) is 0 Å². The number of nitrogens with one attached hydrogen (secondary N) is 1. The van der Waals surface area contributed by atoms with E-state index in [0.29, 0.717) is 0 Å². The van der Waals surface area contributed by atoms with Crippen LogP contribution < -0.4 is 5.32 Å². The van der Waals surface area contributed by atoms with Crippen molar-refractivity contribution in [1.82, 2.24) is 5.32 Å². The average Bonchev–Trinajstić information content (AvgIpc) is 2.05. The van der Waals surface area contributed by atoms with E-state index < -0.39 is 18.1 Å². The van der Waals surface area contributed by atoms with Gasteiger partial charge in [-0.25, -0.2) is 0 Å². The van der Waals surface area contributed by atoms with Crippen molar-refractivity contribution in [3.05, 3.63) is 0 Å². The fraction of sp³-hybridized carbons (Fsp3) is 0.857. The van der Waals surface area contributed by atoms with Crippen molar-refractivity contribution in [1.29, 1.82) is 0 Å². The summed E-state index contributed by atoms with van der Waals surface area (Å²) in [6.07, 6.45) is -1.35. The third kappa shape index (κ3) is 6.47. The summed E-state index contributed by atoms with van der Waals surface area (Å²) in [4.78, 5) is 10.1. The molecule has 0 amide bonds. The molecule has 1 atom stereocenters. The Kier molecular flexibility index (Phi) is 6.43. The molecule has 0 aliphatic carbocycles. The van der Waals surface area contributed by atoms with Gasteiger partial charge in [-0.1, -0.05) is 0 Å². The average molecular weight is 193 g/mol. The van der Waals surface area contributed by atoms with Gasteiger partial charge in [-0.05, 0) is 0 Å². The highest BCUT2D eigenvalue weighted by Crippen LogP contribution is 1.90. The number of carboxylic acids is 1. The lowest BCUT2D eigenvalue weighted by molar-refractivity contribution is -0.139. The second-order valence-corrected chi connectivity index (χ2v) is 2.72. The topological polar surface area (TPSA) is 110 Å². The molecule has 1 unspecified atom stereocenters. The zero-order chi connectivity index (χ0) is 10.3. The molecule has 0 heterocycles. The molecule has 0 aromatic rings. The fourth-order valence-corrected chi connectivity index (χ4v) is 0.763. The monoisotopic (exact) mass is 193 g/mol. The lowest BCUT2D eigenvalue weighted by Gasteiger charge is -2.15. The van der Waals surface area contributed by atoms with Gasteiger partial charge in [0.1, 0.15) is 0 Å². The largest absolute Gasteiger partial charge is 0.481 e. The molecule has 0 rings (SSSR count). The van der Waals surface area contributed by atoms with Crippen molar-refractivity contribution < 1.29 is 25.2 Å². The normalized spacial score (nSPS) is 13.2. The molecule has 0 saturated carbocycles. The number of carbonyl (C=O) groups is 1. The van der Waals surface area contributed by atoms with Crippen molar-refractivity contribution in [3.8, 4) is 0 Å². The third-order valence-electron chi connectivity index (χ3n) is 1.49. The molecule has 0 bridgehead atoms. The summed E-state index contributed by atoms with van der Waals surface area (Å²) >= 11 is 0. The number of aliphatic hydroxyl groups excluding tert-OH is 3. The van der Waals surface area contributed by atoms with Crippen LogP contribution in [0.4, 0.5) is 0 Å². The second-order valence-electron chi connectivity index (χ2n) is 2.72. The van der Waals surface area contributed by atoms with Crippen LogP contribution in [0.15, 0.2) is 0 Å². The summed E-state index contributed by atoms with van der Waals surface area (Å²) in [7, 11) is 0. The van der Waals surface area contributed by atoms with E-state index in [-0.39, 0.29) is 26.2 Å². The Morgan fingerprint density at radius 2 is 1.85 bits per heavy atom. The van der Waals surface area contributed by atoms with Crippen molar-refractivity contribution in [2.24, 2.45) is 0 Å². The minimum atomic E-state index is -1.08. The van der Waals surface area contributed by atoms with E-state index in [2.05, 4.69) is 5.32 Å². The van der Waals surface area contributed by atoms with Gasteiger partial charge in [-0.2, -0.15) is 0 Å². The molecule has 0 aliphatic rings. The molecule has 0 aromatic carbocycles. The van der Waals surface area contributed by atoms with E-state index >= 15 is 0 Å². The number of aliphatic carboxylic acids is 1. The summed E-state index contributed by atoms with van der Waals surface area (Å²) in [5.41, 5.74) is 0. The molecule has 0 radical (unpaired) electrons. The number of aliphatic hydroxyl groups is 3. The minimum absolute atomic E-state index is 0.0398. The molecule has 0 aromatic heterocycles. The van der Waals surface area contributed by atoms with Gasteiger partial charge in [0.2, 0.25) is 0 Å². The van der Waals surface area contributed by atoms with E-state index in [9.17, 15) is 4.79 Å². The first-order chi connectivity index (χ1) is 6.10. The lowest BCUT2D eigenvalue weighted by atomic mass is 10.2. The zero-order valence-electron chi connectivity index (χ0n) is 7.18. The van der Waals surface area contributed by atoms with Gasteiger partial charge >= 0.3 is 5.97 Å². The maximum Gasteiger partial charge on any atom is 0.306 e. The van der Waals surface area contributed by atoms with Crippen molar-refractivity contribution in [3.63, 3.8) is 0 Å². The molecule has 6 nitrogen and oxygen atoms in total. The van der Waals surface area contributed by atoms with Gasteiger partial charge in [0.25, 0.3) is 0 Å². The van der Waals surface area contributed by atoms with Gasteiger partial charge in [0.05, 0.1) is 31.8 Å². The van der Waals surface area contributed by atoms with E-state index in [4.69, 9.17) is 20.4 Å². The standard InChI is InChI=1S/C7H15NO5/c9-3-5(4-10)8-2-6(11)1-7(12)13/h5-6,8-11H,1-4H2,(H,12,13). The van der Waals surface area contributed by atoms with Gasteiger partial charge in [0.15, 0.2) is 0 Å².